The van der Waals surface area contributed by atoms with Crippen LogP contribution < -0.4 is 5.32 Å². The van der Waals surface area contributed by atoms with Crippen molar-refractivity contribution in [1.29, 1.82) is 0 Å². The maximum Gasteiger partial charge on any atom is 0.194 e. The maximum absolute atomic E-state index is 10.6. The predicted octanol–water partition coefficient (Wildman–Crippen LogP) is 2.72. The number of aliphatic imine (C=N–C) groups is 1. The van der Waals surface area contributed by atoms with E-state index in [-0.39, 0.29) is 0 Å². The third kappa shape index (κ3) is 3.55. The summed E-state index contributed by atoms with van der Waals surface area (Å²) in [4.78, 5) is 7.07. The molecule has 1 saturated carbocycles. The van der Waals surface area contributed by atoms with Gasteiger partial charge in [-0.05, 0) is 50.7 Å². The van der Waals surface area contributed by atoms with Crippen molar-refractivity contribution in [3.8, 4) is 0 Å². The van der Waals surface area contributed by atoms with E-state index in [0.29, 0.717) is 17.7 Å². The number of hydrogen-bond acceptors (Lipinski definition) is 3. The number of nitrogens with one attached hydrogen (secondary N) is 1. The van der Waals surface area contributed by atoms with E-state index in [1.165, 1.54) is 32.1 Å². The highest BCUT2D eigenvalue weighted by Gasteiger charge is 2.41. The highest BCUT2D eigenvalue weighted by molar-refractivity contribution is 5.80. The third-order valence-electron chi connectivity index (χ3n) is 5.33. The second kappa shape index (κ2) is 6.56. The van der Waals surface area contributed by atoms with Crippen molar-refractivity contribution in [2.75, 3.05) is 26.2 Å². The molecule has 1 unspecified atom stereocenters. The molecule has 3 rings (SSSR count). The average Bonchev–Trinajstić information content (AvgIpc) is 3.27. The van der Waals surface area contributed by atoms with Gasteiger partial charge in [-0.15, -0.1) is 0 Å². The Hall–Kier alpha value is -1.49. The molecule has 1 saturated heterocycles. The lowest BCUT2D eigenvalue weighted by molar-refractivity contribution is 0.0435. The minimum atomic E-state index is -1.07. The molecule has 1 aliphatic heterocycles. The standard InChI is InChI=1S/C18H29N3O2/c1-3-19-16(20-13-17(2,22)15-7-6-12-23-15)21-11-10-18(14-21)8-4-5-9-18/h6-7,12,22H,3-5,8-11,13-14H2,1-2H3,(H,19,20). The first-order valence-corrected chi connectivity index (χ1v) is 8.84. The first kappa shape index (κ1) is 16.4. The van der Waals surface area contributed by atoms with Gasteiger partial charge in [0.15, 0.2) is 5.96 Å². The summed E-state index contributed by atoms with van der Waals surface area (Å²) in [6.07, 6.45) is 8.30. The van der Waals surface area contributed by atoms with Gasteiger partial charge in [-0.1, -0.05) is 12.8 Å². The van der Waals surface area contributed by atoms with E-state index >= 15 is 0 Å². The normalized spacial score (nSPS) is 23.4. The Labute approximate surface area is 138 Å². The van der Waals surface area contributed by atoms with Crippen molar-refractivity contribution in [2.45, 2.75) is 51.6 Å². The molecule has 128 valence electrons. The molecule has 1 atom stereocenters. The Balaban J connectivity index is 1.69. The molecule has 0 aromatic carbocycles. The highest BCUT2D eigenvalue weighted by Crippen LogP contribution is 2.45. The number of likely N-dealkylation sites (tertiary alicyclic amines) is 1. The van der Waals surface area contributed by atoms with Crippen LogP contribution in [0.3, 0.4) is 0 Å². The van der Waals surface area contributed by atoms with Gasteiger partial charge in [-0.25, -0.2) is 4.99 Å². The van der Waals surface area contributed by atoms with Crippen LogP contribution in [0.15, 0.2) is 27.8 Å². The van der Waals surface area contributed by atoms with Crippen LogP contribution in [0.5, 0.6) is 0 Å². The van der Waals surface area contributed by atoms with Crippen LogP contribution in [-0.2, 0) is 5.60 Å². The lowest BCUT2D eigenvalue weighted by atomic mass is 9.86. The fourth-order valence-corrected chi connectivity index (χ4v) is 3.97. The zero-order chi connectivity index (χ0) is 16.3. The summed E-state index contributed by atoms with van der Waals surface area (Å²) < 4.78 is 5.34. The molecule has 0 bridgehead atoms. The topological polar surface area (TPSA) is 61.0 Å². The van der Waals surface area contributed by atoms with E-state index < -0.39 is 5.60 Å². The molecule has 1 aromatic heterocycles. The zero-order valence-electron chi connectivity index (χ0n) is 14.3. The molecule has 1 aliphatic carbocycles. The first-order valence-electron chi connectivity index (χ1n) is 8.84. The minimum absolute atomic E-state index is 0.298. The molecular weight excluding hydrogens is 290 g/mol. The predicted molar refractivity (Wildman–Crippen MR) is 91.3 cm³/mol. The molecule has 1 aromatic rings. The molecule has 5 heteroatoms. The quantitative estimate of drug-likeness (QED) is 0.662. The summed E-state index contributed by atoms with van der Waals surface area (Å²) in [5.41, 5.74) is -0.561. The van der Waals surface area contributed by atoms with Crippen LogP contribution in [0.25, 0.3) is 0 Å². The van der Waals surface area contributed by atoms with E-state index in [4.69, 9.17) is 9.41 Å². The van der Waals surface area contributed by atoms with Crippen LogP contribution in [0.1, 0.15) is 51.7 Å². The van der Waals surface area contributed by atoms with Crippen molar-refractivity contribution < 1.29 is 9.52 Å². The smallest absolute Gasteiger partial charge is 0.194 e. The maximum atomic E-state index is 10.6. The average molecular weight is 319 g/mol. The monoisotopic (exact) mass is 319 g/mol. The molecule has 0 amide bonds. The van der Waals surface area contributed by atoms with E-state index in [2.05, 4.69) is 17.1 Å². The zero-order valence-corrected chi connectivity index (χ0v) is 14.3. The number of hydrogen-bond donors (Lipinski definition) is 2. The van der Waals surface area contributed by atoms with Crippen molar-refractivity contribution in [2.24, 2.45) is 10.4 Å². The lowest BCUT2D eigenvalue weighted by Crippen LogP contribution is -2.42. The SMILES string of the molecule is CCNC(=NCC(C)(O)c1ccco1)N1CCC2(CCCC2)C1. The number of nitrogens with zero attached hydrogens (tertiary/aromatic N) is 2. The molecule has 5 nitrogen and oxygen atoms in total. The highest BCUT2D eigenvalue weighted by atomic mass is 16.4. The van der Waals surface area contributed by atoms with E-state index in [1.54, 1.807) is 25.3 Å². The second-order valence-electron chi connectivity index (χ2n) is 7.30. The van der Waals surface area contributed by atoms with Crippen LogP contribution in [-0.4, -0.2) is 42.1 Å². The minimum Gasteiger partial charge on any atom is -0.466 e. The number of rotatable bonds is 4. The molecule has 2 heterocycles. The molecule has 2 fully saturated rings. The Morgan fingerprint density at radius 2 is 2.22 bits per heavy atom. The largest absolute Gasteiger partial charge is 0.466 e. The van der Waals surface area contributed by atoms with Gasteiger partial charge in [0, 0.05) is 19.6 Å². The Morgan fingerprint density at radius 3 is 2.87 bits per heavy atom. The molecule has 2 N–H and O–H groups in total. The van der Waals surface area contributed by atoms with Gasteiger partial charge in [0.25, 0.3) is 0 Å². The van der Waals surface area contributed by atoms with E-state index in [0.717, 1.165) is 25.6 Å². The number of aliphatic hydroxyl groups is 1. The molecule has 2 aliphatic rings. The van der Waals surface area contributed by atoms with Crippen molar-refractivity contribution in [1.82, 2.24) is 10.2 Å². The summed E-state index contributed by atoms with van der Waals surface area (Å²) >= 11 is 0. The van der Waals surface area contributed by atoms with Gasteiger partial charge < -0.3 is 19.7 Å². The van der Waals surface area contributed by atoms with Crippen molar-refractivity contribution in [3.05, 3.63) is 24.2 Å². The van der Waals surface area contributed by atoms with Crippen molar-refractivity contribution >= 4 is 5.96 Å². The van der Waals surface area contributed by atoms with Crippen LogP contribution in [0.2, 0.25) is 0 Å². The Morgan fingerprint density at radius 1 is 1.43 bits per heavy atom. The summed E-state index contributed by atoms with van der Waals surface area (Å²) in [6, 6.07) is 3.59. The van der Waals surface area contributed by atoms with Crippen LogP contribution >= 0.6 is 0 Å². The Kier molecular flexibility index (Phi) is 4.67. The van der Waals surface area contributed by atoms with Gasteiger partial charge in [0.1, 0.15) is 11.4 Å². The van der Waals surface area contributed by atoms with Crippen LogP contribution in [0.4, 0.5) is 0 Å². The second-order valence-corrected chi connectivity index (χ2v) is 7.30. The van der Waals surface area contributed by atoms with Gasteiger partial charge in [0.2, 0.25) is 0 Å². The molecule has 0 radical (unpaired) electrons. The van der Waals surface area contributed by atoms with Gasteiger partial charge in [0.05, 0.1) is 12.8 Å². The summed E-state index contributed by atoms with van der Waals surface area (Å²) in [6.45, 7) is 7.14. The number of guanidine groups is 1. The van der Waals surface area contributed by atoms with Crippen molar-refractivity contribution in [3.63, 3.8) is 0 Å². The molecule has 23 heavy (non-hydrogen) atoms. The van der Waals surface area contributed by atoms with Gasteiger partial charge in [-0.2, -0.15) is 0 Å². The lowest BCUT2D eigenvalue weighted by Gasteiger charge is -2.27. The summed E-state index contributed by atoms with van der Waals surface area (Å²) in [5.74, 6) is 1.48. The fourth-order valence-electron chi connectivity index (χ4n) is 3.97. The van der Waals surface area contributed by atoms with E-state index in [9.17, 15) is 5.11 Å². The van der Waals surface area contributed by atoms with Gasteiger partial charge in [-0.3, -0.25) is 0 Å². The van der Waals surface area contributed by atoms with E-state index in [1.807, 2.05) is 0 Å². The fraction of sp³-hybridized carbons (Fsp3) is 0.722. The summed E-state index contributed by atoms with van der Waals surface area (Å²) in [7, 11) is 0. The van der Waals surface area contributed by atoms with Crippen LogP contribution in [0, 0.1) is 5.41 Å². The Bertz CT molecular complexity index is 530. The summed E-state index contributed by atoms with van der Waals surface area (Å²) in [5, 5.41) is 14.0. The molecular formula is C18H29N3O2. The first-order chi connectivity index (χ1) is 11.0. The van der Waals surface area contributed by atoms with Gasteiger partial charge >= 0.3 is 0 Å². The third-order valence-corrected chi connectivity index (χ3v) is 5.33. The molecule has 1 spiro atoms. The number of furan rings is 1.